The maximum Gasteiger partial charge on any atom is 0.319 e. The van der Waals surface area contributed by atoms with Gasteiger partial charge in [-0.1, -0.05) is 80.6 Å². The zero-order valence-corrected chi connectivity index (χ0v) is 13.8. The molecule has 1 rings (SSSR count). The van der Waals surface area contributed by atoms with E-state index in [0.29, 0.717) is 0 Å². The summed E-state index contributed by atoms with van der Waals surface area (Å²) in [6, 6.07) is 0. The van der Waals surface area contributed by atoms with Crippen molar-refractivity contribution in [1.29, 1.82) is 0 Å². The molecule has 3 heteroatoms. The second-order valence-corrected chi connectivity index (χ2v) is 7.92. The first-order valence-corrected chi connectivity index (χ1v) is 8.05. The van der Waals surface area contributed by atoms with Crippen LogP contribution in [0, 0.1) is 5.92 Å². The molecule has 1 saturated carbocycles. The summed E-state index contributed by atoms with van der Waals surface area (Å²) in [6.45, 7) is 5.58. The quantitative estimate of drug-likeness (QED) is 0.657. The fourth-order valence-electron chi connectivity index (χ4n) is 2.01. The summed E-state index contributed by atoms with van der Waals surface area (Å²) in [5.41, 5.74) is 0. The van der Waals surface area contributed by atoms with Crippen molar-refractivity contribution in [2.24, 2.45) is 5.92 Å². The topological polar surface area (TPSA) is 37.3 Å². The number of carboxylic acid groups (broad SMARTS) is 1. The van der Waals surface area contributed by atoms with Crippen LogP contribution >= 0.6 is 15.9 Å². The van der Waals surface area contributed by atoms with Crippen LogP contribution in [0.15, 0.2) is 0 Å². The number of aliphatic carboxylic acids is 1. The molecular formula is C15H29BrO2. The van der Waals surface area contributed by atoms with Gasteiger partial charge in [-0.05, 0) is 19.8 Å². The summed E-state index contributed by atoms with van der Waals surface area (Å²) in [5.74, 6) is 0.167. The molecule has 18 heavy (non-hydrogen) atoms. The lowest BCUT2D eigenvalue weighted by atomic mass is 9.94. The minimum Gasteiger partial charge on any atom is -0.480 e. The summed E-state index contributed by atoms with van der Waals surface area (Å²) >= 11 is 2.94. The molecule has 1 aliphatic carbocycles. The average molecular weight is 321 g/mol. The van der Waals surface area contributed by atoms with Gasteiger partial charge in [-0.2, -0.15) is 0 Å². The highest BCUT2D eigenvalue weighted by Crippen LogP contribution is 2.20. The van der Waals surface area contributed by atoms with E-state index in [4.69, 9.17) is 5.11 Å². The normalized spacial score (nSPS) is 19.6. The van der Waals surface area contributed by atoms with E-state index in [0.717, 1.165) is 5.92 Å². The molecule has 0 aromatic rings. The van der Waals surface area contributed by atoms with Gasteiger partial charge in [0.1, 0.15) is 4.32 Å². The van der Waals surface area contributed by atoms with Crippen LogP contribution in [0.1, 0.15) is 78.6 Å². The SMILES string of the molecule is CC(C)(Br)C(=O)O.CC1CCCCCCCCC1. The predicted octanol–water partition coefficient (Wildman–Crippen LogP) is 5.39. The van der Waals surface area contributed by atoms with Gasteiger partial charge in [0, 0.05) is 0 Å². The van der Waals surface area contributed by atoms with Gasteiger partial charge in [0.15, 0.2) is 0 Å². The summed E-state index contributed by atoms with van der Waals surface area (Å²) in [6.07, 6.45) is 13.4. The van der Waals surface area contributed by atoms with E-state index in [1.165, 1.54) is 57.8 Å². The first-order chi connectivity index (χ1) is 8.34. The molecule has 2 nitrogen and oxygen atoms in total. The van der Waals surface area contributed by atoms with E-state index >= 15 is 0 Å². The number of carbonyl (C=O) groups is 1. The molecule has 1 N–H and O–H groups in total. The maximum absolute atomic E-state index is 9.97. The number of rotatable bonds is 1. The van der Waals surface area contributed by atoms with Crippen LogP contribution in [-0.2, 0) is 4.79 Å². The first-order valence-electron chi connectivity index (χ1n) is 7.26. The minimum atomic E-state index is -0.840. The molecule has 0 radical (unpaired) electrons. The molecule has 1 fully saturated rings. The van der Waals surface area contributed by atoms with E-state index < -0.39 is 10.3 Å². The molecule has 0 atom stereocenters. The number of carboxylic acids is 1. The number of hydrogen-bond donors (Lipinski definition) is 1. The largest absolute Gasteiger partial charge is 0.480 e. The van der Waals surface area contributed by atoms with Gasteiger partial charge in [-0.25, -0.2) is 0 Å². The Hall–Kier alpha value is -0.0500. The molecule has 0 aromatic carbocycles. The van der Waals surface area contributed by atoms with Gasteiger partial charge >= 0.3 is 5.97 Å². The fraction of sp³-hybridized carbons (Fsp3) is 0.933. The highest BCUT2D eigenvalue weighted by Gasteiger charge is 2.21. The monoisotopic (exact) mass is 320 g/mol. The Labute approximate surface area is 121 Å². The Kier molecular flexibility index (Phi) is 9.80. The van der Waals surface area contributed by atoms with Crippen LogP contribution in [0.4, 0.5) is 0 Å². The van der Waals surface area contributed by atoms with E-state index in [9.17, 15) is 4.79 Å². The zero-order chi connectivity index (χ0) is 14.0. The van der Waals surface area contributed by atoms with E-state index in [1.807, 2.05) is 0 Å². The van der Waals surface area contributed by atoms with Crippen molar-refractivity contribution < 1.29 is 9.90 Å². The fourth-order valence-corrected chi connectivity index (χ4v) is 2.01. The van der Waals surface area contributed by atoms with Crippen LogP contribution in [-0.4, -0.2) is 15.4 Å². The second-order valence-electron chi connectivity index (χ2n) is 5.94. The lowest BCUT2D eigenvalue weighted by Crippen LogP contribution is -2.22. The Morgan fingerprint density at radius 2 is 1.28 bits per heavy atom. The van der Waals surface area contributed by atoms with Gasteiger partial charge < -0.3 is 5.11 Å². The molecule has 0 bridgehead atoms. The average Bonchev–Trinajstić information content (AvgIpc) is 2.27. The Balaban J connectivity index is 0.000000360. The molecular weight excluding hydrogens is 292 g/mol. The molecule has 0 unspecified atom stereocenters. The third-order valence-corrected chi connectivity index (χ3v) is 3.74. The van der Waals surface area contributed by atoms with Gasteiger partial charge in [-0.15, -0.1) is 0 Å². The van der Waals surface area contributed by atoms with Crippen LogP contribution in [0.2, 0.25) is 0 Å². The summed E-state index contributed by atoms with van der Waals surface area (Å²) in [4.78, 5) is 9.97. The lowest BCUT2D eigenvalue weighted by molar-refractivity contribution is -0.138. The molecule has 0 aliphatic heterocycles. The van der Waals surface area contributed by atoms with Crippen molar-refractivity contribution in [3.63, 3.8) is 0 Å². The van der Waals surface area contributed by atoms with E-state index in [1.54, 1.807) is 13.8 Å². The summed E-state index contributed by atoms with van der Waals surface area (Å²) in [7, 11) is 0. The van der Waals surface area contributed by atoms with Crippen molar-refractivity contribution in [2.45, 2.75) is 82.9 Å². The lowest BCUT2D eigenvalue weighted by Gasteiger charge is -2.12. The standard InChI is InChI=1S/C11H22.C4H7BrO2/c1-11-9-7-5-3-2-4-6-8-10-11;1-4(2,5)3(6)7/h11H,2-10H2,1H3;1-2H3,(H,6,7). The molecule has 0 aromatic heterocycles. The van der Waals surface area contributed by atoms with Gasteiger partial charge in [0.05, 0.1) is 0 Å². The summed E-state index contributed by atoms with van der Waals surface area (Å²) < 4.78 is -0.771. The molecule has 0 saturated heterocycles. The molecule has 0 heterocycles. The van der Waals surface area contributed by atoms with Crippen LogP contribution in [0.25, 0.3) is 0 Å². The molecule has 1 aliphatic rings. The van der Waals surface area contributed by atoms with Crippen molar-refractivity contribution in [3.05, 3.63) is 0 Å². The van der Waals surface area contributed by atoms with Crippen LogP contribution in [0.5, 0.6) is 0 Å². The Morgan fingerprint density at radius 1 is 1.00 bits per heavy atom. The third-order valence-electron chi connectivity index (χ3n) is 3.40. The maximum atomic E-state index is 9.97. The van der Waals surface area contributed by atoms with Crippen molar-refractivity contribution >= 4 is 21.9 Å². The highest BCUT2D eigenvalue weighted by atomic mass is 79.9. The van der Waals surface area contributed by atoms with E-state index in [-0.39, 0.29) is 0 Å². The molecule has 108 valence electrons. The van der Waals surface area contributed by atoms with Crippen molar-refractivity contribution in [3.8, 4) is 0 Å². The third kappa shape index (κ3) is 11.1. The Morgan fingerprint density at radius 3 is 1.56 bits per heavy atom. The number of halogens is 1. The van der Waals surface area contributed by atoms with E-state index in [2.05, 4.69) is 22.9 Å². The smallest absolute Gasteiger partial charge is 0.319 e. The highest BCUT2D eigenvalue weighted by molar-refractivity contribution is 9.10. The van der Waals surface area contributed by atoms with Crippen molar-refractivity contribution in [1.82, 2.24) is 0 Å². The Bertz CT molecular complexity index is 211. The molecule has 0 spiro atoms. The van der Waals surface area contributed by atoms with Crippen molar-refractivity contribution in [2.75, 3.05) is 0 Å². The second kappa shape index (κ2) is 9.82. The number of alkyl halides is 1. The van der Waals surface area contributed by atoms with Gasteiger partial charge in [0.25, 0.3) is 0 Å². The minimum absolute atomic E-state index is 0.771. The number of hydrogen-bond acceptors (Lipinski definition) is 1. The van der Waals surface area contributed by atoms with Crippen LogP contribution < -0.4 is 0 Å². The molecule has 0 amide bonds. The first kappa shape index (κ1) is 17.9. The van der Waals surface area contributed by atoms with Gasteiger partial charge in [-0.3, -0.25) is 4.79 Å². The van der Waals surface area contributed by atoms with Gasteiger partial charge in [0.2, 0.25) is 0 Å². The summed E-state index contributed by atoms with van der Waals surface area (Å²) in [5, 5.41) is 8.20. The zero-order valence-electron chi connectivity index (χ0n) is 12.2. The predicted molar refractivity (Wildman–Crippen MR) is 81.4 cm³/mol. The van der Waals surface area contributed by atoms with Crippen LogP contribution in [0.3, 0.4) is 0 Å².